The number of nitrogens with one attached hydrogen (secondary N) is 1. The number of halogens is 2. The van der Waals surface area contributed by atoms with Crippen molar-refractivity contribution in [2.24, 2.45) is 4.99 Å². The fourth-order valence-electron chi connectivity index (χ4n) is 5.13. The molecule has 6 rings (SSSR count). The second kappa shape index (κ2) is 12.6. The molecule has 0 radical (unpaired) electrons. The summed E-state index contributed by atoms with van der Waals surface area (Å²) in [5.74, 6) is -1.42. The number of methoxy groups -OCH3 is 1. The van der Waals surface area contributed by atoms with Crippen molar-refractivity contribution in [2.75, 3.05) is 12.4 Å². The number of carbonyl (C=O) groups excluding carboxylic acids is 1. The van der Waals surface area contributed by atoms with Gasteiger partial charge in [-0.15, -0.1) is 11.3 Å². The predicted octanol–water partition coefficient (Wildman–Crippen LogP) is 6.11. The number of benzene rings is 3. The van der Waals surface area contributed by atoms with Gasteiger partial charge in [0.25, 0.3) is 11.5 Å². The van der Waals surface area contributed by atoms with E-state index >= 15 is 0 Å². The molecular formula is C34H27F2N3O4S2. The molecule has 1 aliphatic heterocycles. The van der Waals surface area contributed by atoms with Gasteiger partial charge in [-0.25, -0.2) is 13.8 Å². The Kier molecular flexibility index (Phi) is 8.46. The first-order chi connectivity index (χ1) is 21.7. The average molecular weight is 644 g/mol. The molecule has 0 bridgehead atoms. The first-order valence-electron chi connectivity index (χ1n) is 13.9. The minimum atomic E-state index is -0.811. The zero-order chi connectivity index (χ0) is 31.7. The van der Waals surface area contributed by atoms with Crippen molar-refractivity contribution < 1.29 is 23.0 Å². The maximum atomic E-state index is 14.1. The van der Waals surface area contributed by atoms with E-state index in [1.165, 1.54) is 35.8 Å². The van der Waals surface area contributed by atoms with E-state index in [2.05, 4.69) is 5.32 Å². The van der Waals surface area contributed by atoms with Crippen molar-refractivity contribution in [3.05, 3.63) is 142 Å². The minimum absolute atomic E-state index is 0.0500. The number of allylic oxidation sites excluding steroid dienone is 1. The van der Waals surface area contributed by atoms with Gasteiger partial charge in [-0.1, -0.05) is 41.7 Å². The van der Waals surface area contributed by atoms with Crippen LogP contribution in [0.3, 0.4) is 0 Å². The molecule has 0 aliphatic carbocycles. The Bertz CT molecular complexity index is 2140. The number of thiophene rings is 1. The summed E-state index contributed by atoms with van der Waals surface area (Å²) in [6.45, 7) is 3.65. The maximum Gasteiger partial charge on any atom is 0.271 e. The standard InChI is InChI=1S/C34H27F2N3O4S2/c1-19-7-4-5-8-25(19)38-32(40)30-20(2)37-34-39(31(30)28-9-6-14-44-28)33(41)29(45-34)16-21-10-12-26(42-3)22(15-21)18-43-27-13-11-23(35)17-24(27)36/h4-17,31H,18H2,1-3H3,(H,38,40)/t31-/m1/s1. The number of aryl methyl sites for hydroxylation is 1. The van der Waals surface area contributed by atoms with E-state index in [0.29, 0.717) is 43.2 Å². The van der Waals surface area contributed by atoms with Crippen LogP contribution in [0.15, 0.2) is 99.2 Å². The highest BCUT2D eigenvalue weighted by molar-refractivity contribution is 7.10. The van der Waals surface area contributed by atoms with Gasteiger partial charge in [0.05, 0.1) is 22.9 Å². The van der Waals surface area contributed by atoms with Gasteiger partial charge in [-0.2, -0.15) is 0 Å². The molecule has 11 heteroatoms. The normalized spacial score (nSPS) is 14.6. The summed E-state index contributed by atoms with van der Waals surface area (Å²) in [5, 5.41) is 4.92. The number of hydrogen-bond acceptors (Lipinski definition) is 7. The predicted molar refractivity (Wildman–Crippen MR) is 172 cm³/mol. The Hall–Kier alpha value is -4.87. The van der Waals surface area contributed by atoms with E-state index in [1.54, 1.807) is 35.8 Å². The third kappa shape index (κ3) is 6.09. The summed E-state index contributed by atoms with van der Waals surface area (Å²) in [6.07, 6.45) is 1.74. The Morgan fingerprint density at radius 3 is 2.58 bits per heavy atom. The van der Waals surface area contributed by atoms with E-state index < -0.39 is 17.7 Å². The Labute approximate surface area is 265 Å². The molecule has 3 heterocycles. The quantitative estimate of drug-likeness (QED) is 0.221. The molecule has 5 aromatic rings. The zero-order valence-corrected chi connectivity index (χ0v) is 26.1. The highest BCUT2D eigenvalue weighted by atomic mass is 32.1. The number of para-hydroxylation sites is 1. The van der Waals surface area contributed by atoms with Gasteiger partial charge in [0, 0.05) is 22.2 Å². The lowest BCUT2D eigenvalue weighted by Gasteiger charge is -2.24. The lowest BCUT2D eigenvalue weighted by molar-refractivity contribution is -0.113. The number of amides is 1. The number of rotatable bonds is 8. The van der Waals surface area contributed by atoms with Crippen molar-refractivity contribution in [1.29, 1.82) is 0 Å². The molecule has 0 unspecified atom stereocenters. The molecule has 1 aliphatic rings. The monoisotopic (exact) mass is 643 g/mol. The number of aromatic nitrogens is 1. The van der Waals surface area contributed by atoms with Gasteiger partial charge < -0.3 is 14.8 Å². The Morgan fingerprint density at radius 1 is 1.04 bits per heavy atom. The van der Waals surface area contributed by atoms with Gasteiger partial charge in [-0.3, -0.25) is 14.2 Å². The second-order valence-corrected chi connectivity index (χ2v) is 12.3. The molecule has 1 amide bonds. The van der Waals surface area contributed by atoms with Crippen LogP contribution in [0.2, 0.25) is 0 Å². The van der Waals surface area contributed by atoms with Crippen LogP contribution in [0, 0.1) is 18.6 Å². The third-order valence-corrected chi connectivity index (χ3v) is 9.26. The van der Waals surface area contributed by atoms with Crippen LogP contribution in [-0.4, -0.2) is 17.6 Å². The van der Waals surface area contributed by atoms with Crippen LogP contribution in [0.5, 0.6) is 11.5 Å². The smallest absolute Gasteiger partial charge is 0.271 e. The number of anilines is 1. The molecule has 0 spiro atoms. The van der Waals surface area contributed by atoms with Crippen LogP contribution in [0.25, 0.3) is 6.08 Å². The van der Waals surface area contributed by atoms with Gasteiger partial charge in [0.1, 0.15) is 24.2 Å². The van der Waals surface area contributed by atoms with Gasteiger partial charge in [-0.05, 0) is 72.8 Å². The van der Waals surface area contributed by atoms with Crippen molar-refractivity contribution >= 4 is 40.3 Å². The first-order valence-corrected chi connectivity index (χ1v) is 15.6. The van der Waals surface area contributed by atoms with Crippen LogP contribution in [-0.2, 0) is 11.4 Å². The largest absolute Gasteiger partial charge is 0.496 e. The molecule has 1 atom stereocenters. The number of fused-ring (bicyclic) bond motifs is 1. The lowest BCUT2D eigenvalue weighted by atomic mass is 10.0. The highest BCUT2D eigenvalue weighted by Gasteiger charge is 2.33. The summed E-state index contributed by atoms with van der Waals surface area (Å²) in [4.78, 5) is 33.8. The van der Waals surface area contributed by atoms with Crippen LogP contribution < -0.4 is 29.7 Å². The molecule has 1 N–H and O–H groups in total. The number of thiazole rings is 1. The summed E-state index contributed by atoms with van der Waals surface area (Å²) in [7, 11) is 1.51. The molecule has 3 aromatic carbocycles. The van der Waals surface area contributed by atoms with E-state index in [-0.39, 0.29) is 23.8 Å². The molecular weight excluding hydrogens is 617 g/mol. The van der Waals surface area contributed by atoms with E-state index in [1.807, 2.05) is 48.7 Å². The summed E-state index contributed by atoms with van der Waals surface area (Å²) < 4.78 is 40.5. The zero-order valence-electron chi connectivity index (χ0n) is 24.5. The second-order valence-electron chi connectivity index (χ2n) is 10.3. The van der Waals surface area contributed by atoms with Gasteiger partial charge >= 0.3 is 0 Å². The lowest BCUT2D eigenvalue weighted by Crippen LogP contribution is -2.40. The van der Waals surface area contributed by atoms with Crippen molar-refractivity contribution in [3.63, 3.8) is 0 Å². The van der Waals surface area contributed by atoms with Crippen LogP contribution in [0.4, 0.5) is 14.5 Å². The van der Waals surface area contributed by atoms with Gasteiger partial charge in [0.15, 0.2) is 16.4 Å². The molecule has 2 aromatic heterocycles. The Balaban J connectivity index is 1.38. The molecule has 7 nitrogen and oxygen atoms in total. The fraction of sp³-hybridized carbons (Fsp3) is 0.147. The molecule has 228 valence electrons. The van der Waals surface area contributed by atoms with Crippen LogP contribution >= 0.6 is 22.7 Å². The van der Waals surface area contributed by atoms with Crippen molar-refractivity contribution in [3.8, 4) is 11.5 Å². The molecule has 0 saturated carbocycles. The summed E-state index contributed by atoms with van der Waals surface area (Å²) in [6, 6.07) is 19.1. The van der Waals surface area contributed by atoms with Crippen LogP contribution in [0.1, 0.15) is 34.5 Å². The summed E-state index contributed by atoms with van der Waals surface area (Å²) in [5.41, 5.74) is 3.53. The van der Waals surface area contributed by atoms with E-state index in [9.17, 15) is 18.4 Å². The third-order valence-electron chi connectivity index (χ3n) is 7.35. The maximum absolute atomic E-state index is 14.1. The van der Waals surface area contributed by atoms with Crippen molar-refractivity contribution in [1.82, 2.24) is 4.57 Å². The number of ether oxygens (including phenoxy) is 2. The number of nitrogens with zero attached hydrogens (tertiary/aromatic N) is 2. The van der Waals surface area contributed by atoms with Crippen molar-refractivity contribution in [2.45, 2.75) is 26.5 Å². The Morgan fingerprint density at radius 2 is 1.84 bits per heavy atom. The number of carbonyl (C=O) groups is 1. The summed E-state index contributed by atoms with van der Waals surface area (Å²) >= 11 is 2.69. The number of hydrogen-bond donors (Lipinski definition) is 1. The minimum Gasteiger partial charge on any atom is -0.496 e. The fourth-order valence-corrected chi connectivity index (χ4v) is 7.00. The average Bonchev–Trinajstić information content (AvgIpc) is 3.65. The van der Waals surface area contributed by atoms with Gasteiger partial charge in [0.2, 0.25) is 0 Å². The highest BCUT2D eigenvalue weighted by Crippen LogP contribution is 2.33. The SMILES string of the molecule is COc1ccc(C=c2sc3n(c2=O)[C@H](c2cccs2)C(C(=O)Nc2ccccc2C)=C(C)N=3)cc1COc1ccc(F)cc1F. The molecule has 45 heavy (non-hydrogen) atoms. The first kappa shape index (κ1) is 30.2. The van der Waals surface area contributed by atoms with E-state index in [4.69, 9.17) is 14.5 Å². The van der Waals surface area contributed by atoms with E-state index in [0.717, 1.165) is 22.6 Å². The topological polar surface area (TPSA) is 81.9 Å². The molecule has 0 fully saturated rings. The molecule has 0 saturated heterocycles.